The third kappa shape index (κ3) is 2.48. The van der Waals surface area contributed by atoms with E-state index >= 15 is 0 Å². The van der Waals surface area contributed by atoms with Gasteiger partial charge in [0.25, 0.3) is 0 Å². The molecule has 2 rings (SSSR count). The van der Waals surface area contributed by atoms with Gasteiger partial charge in [-0.2, -0.15) is 5.10 Å². The van der Waals surface area contributed by atoms with E-state index in [2.05, 4.69) is 50.5 Å². The van der Waals surface area contributed by atoms with Gasteiger partial charge >= 0.3 is 0 Å². The average Bonchev–Trinajstić information content (AvgIpc) is 2.85. The van der Waals surface area contributed by atoms with Crippen molar-refractivity contribution in [3.05, 3.63) is 17.5 Å². The van der Waals surface area contributed by atoms with Crippen LogP contribution < -0.4 is 0 Å². The van der Waals surface area contributed by atoms with E-state index in [4.69, 9.17) is 0 Å². The van der Waals surface area contributed by atoms with Gasteiger partial charge in [-0.15, -0.1) is 0 Å². The van der Waals surface area contributed by atoms with Crippen LogP contribution in [0.4, 0.5) is 0 Å². The molecule has 1 saturated heterocycles. The lowest BCUT2D eigenvalue weighted by molar-refractivity contribution is 0.256. The highest BCUT2D eigenvalue weighted by molar-refractivity contribution is 9.09. The monoisotopic (exact) mass is 285 g/mol. The quantitative estimate of drug-likeness (QED) is 0.793. The normalized spacial score (nSPS) is 21.8. The molecule has 1 aromatic rings. The average molecular weight is 286 g/mol. The second kappa shape index (κ2) is 5.32. The standard InChI is InChI=1S/C12H20BrN3/c1-3-16-12(7-10(2)14-16)9-15-6-4-5-11(15)8-13/h7,11H,3-6,8-9H2,1-2H3. The largest absolute Gasteiger partial charge is 0.294 e. The van der Waals surface area contributed by atoms with E-state index in [1.807, 2.05) is 0 Å². The van der Waals surface area contributed by atoms with Crippen LogP contribution in [0.5, 0.6) is 0 Å². The summed E-state index contributed by atoms with van der Waals surface area (Å²) in [7, 11) is 0. The maximum atomic E-state index is 4.50. The molecule has 0 N–H and O–H groups in total. The molecule has 0 radical (unpaired) electrons. The van der Waals surface area contributed by atoms with E-state index in [1.54, 1.807) is 0 Å². The van der Waals surface area contributed by atoms with Crippen molar-refractivity contribution in [2.75, 3.05) is 11.9 Å². The van der Waals surface area contributed by atoms with E-state index in [1.165, 1.54) is 25.1 Å². The van der Waals surface area contributed by atoms with Gasteiger partial charge in [-0.1, -0.05) is 15.9 Å². The fraction of sp³-hybridized carbons (Fsp3) is 0.750. The molecule has 4 heteroatoms. The molecule has 16 heavy (non-hydrogen) atoms. The Morgan fingerprint density at radius 1 is 1.56 bits per heavy atom. The zero-order valence-corrected chi connectivity index (χ0v) is 11.7. The van der Waals surface area contributed by atoms with Crippen LogP contribution >= 0.6 is 15.9 Å². The lowest BCUT2D eigenvalue weighted by Gasteiger charge is -2.22. The van der Waals surface area contributed by atoms with Gasteiger partial charge in [0.15, 0.2) is 0 Å². The lowest BCUT2D eigenvalue weighted by Crippen LogP contribution is -2.30. The summed E-state index contributed by atoms with van der Waals surface area (Å²) in [4.78, 5) is 2.57. The molecular formula is C12H20BrN3. The van der Waals surface area contributed by atoms with Gasteiger partial charge in [0, 0.05) is 24.5 Å². The Morgan fingerprint density at radius 2 is 2.38 bits per heavy atom. The van der Waals surface area contributed by atoms with Crippen molar-refractivity contribution in [3.63, 3.8) is 0 Å². The van der Waals surface area contributed by atoms with E-state index in [0.717, 1.165) is 24.1 Å². The van der Waals surface area contributed by atoms with Crippen LogP contribution in [0.15, 0.2) is 6.07 Å². The third-order valence-corrected chi connectivity index (χ3v) is 4.07. The molecule has 0 spiro atoms. The van der Waals surface area contributed by atoms with Crippen LogP contribution in [-0.2, 0) is 13.1 Å². The molecule has 0 amide bonds. The van der Waals surface area contributed by atoms with Crippen molar-refractivity contribution in [2.24, 2.45) is 0 Å². The molecule has 1 aliphatic heterocycles. The zero-order chi connectivity index (χ0) is 11.5. The highest BCUT2D eigenvalue weighted by atomic mass is 79.9. The number of aromatic nitrogens is 2. The van der Waals surface area contributed by atoms with Crippen LogP contribution in [0.25, 0.3) is 0 Å². The van der Waals surface area contributed by atoms with Crippen LogP contribution in [0.3, 0.4) is 0 Å². The molecule has 3 nitrogen and oxygen atoms in total. The molecule has 1 fully saturated rings. The summed E-state index contributed by atoms with van der Waals surface area (Å²) in [6.45, 7) is 7.47. The van der Waals surface area contributed by atoms with Crippen LogP contribution in [0, 0.1) is 6.92 Å². The summed E-state index contributed by atoms with van der Waals surface area (Å²) in [6.07, 6.45) is 2.65. The number of hydrogen-bond donors (Lipinski definition) is 0. The second-order valence-corrected chi connectivity index (χ2v) is 5.16. The number of likely N-dealkylation sites (tertiary alicyclic amines) is 1. The molecule has 1 atom stereocenters. The maximum absolute atomic E-state index is 4.50. The number of nitrogens with zero attached hydrogens (tertiary/aromatic N) is 3. The second-order valence-electron chi connectivity index (χ2n) is 4.51. The summed E-state index contributed by atoms with van der Waals surface area (Å²) in [5.41, 5.74) is 2.49. The molecule has 90 valence electrons. The summed E-state index contributed by atoms with van der Waals surface area (Å²) >= 11 is 3.61. The third-order valence-electron chi connectivity index (χ3n) is 3.33. The predicted molar refractivity (Wildman–Crippen MR) is 69.9 cm³/mol. The highest BCUT2D eigenvalue weighted by Crippen LogP contribution is 2.21. The Balaban J connectivity index is 2.07. The Morgan fingerprint density at radius 3 is 3.06 bits per heavy atom. The van der Waals surface area contributed by atoms with E-state index in [-0.39, 0.29) is 0 Å². The fourth-order valence-electron chi connectivity index (χ4n) is 2.49. The Hall–Kier alpha value is -0.350. The van der Waals surface area contributed by atoms with Gasteiger partial charge in [-0.25, -0.2) is 0 Å². The number of hydrogen-bond acceptors (Lipinski definition) is 2. The minimum Gasteiger partial charge on any atom is -0.294 e. The molecule has 0 bridgehead atoms. The summed E-state index contributed by atoms with van der Waals surface area (Å²) in [6, 6.07) is 2.92. The first-order valence-corrected chi connectivity index (χ1v) is 7.20. The lowest BCUT2D eigenvalue weighted by atomic mass is 10.2. The van der Waals surface area contributed by atoms with Crippen molar-refractivity contribution >= 4 is 15.9 Å². The topological polar surface area (TPSA) is 21.1 Å². The SMILES string of the molecule is CCn1nc(C)cc1CN1CCCC1CBr. The van der Waals surface area contributed by atoms with E-state index in [0.29, 0.717) is 6.04 Å². The van der Waals surface area contributed by atoms with Gasteiger partial charge in [0.05, 0.1) is 11.4 Å². The molecule has 0 aliphatic carbocycles. The number of alkyl halides is 1. The first kappa shape index (κ1) is 12.1. The van der Waals surface area contributed by atoms with Crippen LogP contribution in [0.1, 0.15) is 31.2 Å². The molecule has 0 saturated carbocycles. The smallest absolute Gasteiger partial charge is 0.0597 e. The van der Waals surface area contributed by atoms with E-state index in [9.17, 15) is 0 Å². The van der Waals surface area contributed by atoms with Gasteiger partial charge in [0.2, 0.25) is 0 Å². The molecular weight excluding hydrogens is 266 g/mol. The minimum atomic E-state index is 0.709. The molecule has 0 aromatic carbocycles. The fourth-order valence-corrected chi connectivity index (χ4v) is 3.22. The van der Waals surface area contributed by atoms with Gasteiger partial charge in [-0.05, 0) is 39.3 Å². The van der Waals surface area contributed by atoms with E-state index < -0.39 is 0 Å². The van der Waals surface area contributed by atoms with Crippen LogP contribution in [0.2, 0.25) is 0 Å². The highest BCUT2D eigenvalue weighted by Gasteiger charge is 2.24. The van der Waals surface area contributed by atoms with Gasteiger partial charge < -0.3 is 0 Å². The Kier molecular flexibility index (Phi) is 4.03. The van der Waals surface area contributed by atoms with Gasteiger partial charge in [0.1, 0.15) is 0 Å². The van der Waals surface area contributed by atoms with Crippen molar-refractivity contribution < 1.29 is 0 Å². The zero-order valence-electron chi connectivity index (χ0n) is 10.1. The first-order valence-electron chi connectivity index (χ1n) is 6.08. The maximum Gasteiger partial charge on any atom is 0.0597 e. The summed E-state index contributed by atoms with van der Waals surface area (Å²) in [5.74, 6) is 0. The van der Waals surface area contributed by atoms with Crippen LogP contribution in [-0.4, -0.2) is 32.6 Å². The summed E-state index contributed by atoms with van der Waals surface area (Å²) < 4.78 is 2.12. The van der Waals surface area contributed by atoms with Crippen molar-refractivity contribution in [3.8, 4) is 0 Å². The predicted octanol–water partition coefficient (Wildman–Crippen LogP) is 2.57. The molecule has 1 aliphatic rings. The number of rotatable bonds is 4. The first-order chi connectivity index (χ1) is 7.74. The minimum absolute atomic E-state index is 0.709. The Labute approximate surface area is 106 Å². The molecule has 1 unspecified atom stereocenters. The van der Waals surface area contributed by atoms with Gasteiger partial charge in [-0.3, -0.25) is 9.58 Å². The molecule has 1 aromatic heterocycles. The summed E-state index contributed by atoms with van der Waals surface area (Å²) in [5, 5.41) is 5.59. The van der Waals surface area contributed by atoms with Crippen molar-refractivity contribution in [1.82, 2.24) is 14.7 Å². The Bertz CT molecular complexity index is 348. The number of halogens is 1. The van der Waals surface area contributed by atoms with Crippen molar-refractivity contribution in [2.45, 2.75) is 45.8 Å². The van der Waals surface area contributed by atoms with Crippen molar-refractivity contribution in [1.29, 1.82) is 0 Å². The number of aryl methyl sites for hydroxylation is 2. The molecule has 2 heterocycles.